The fraction of sp³-hybridized carbons (Fsp3) is 0. The van der Waals surface area contributed by atoms with E-state index in [-0.39, 0.29) is 0 Å². The third-order valence-electron chi connectivity index (χ3n) is 2.12. The monoisotopic (exact) mass is 203 g/mol. The highest BCUT2D eigenvalue weighted by Crippen LogP contribution is 2.31. The molecule has 2 rings (SSSR count). The average molecular weight is 204 g/mol. The predicted molar refractivity (Wildman–Crippen MR) is 61.3 cm³/mol. The van der Waals surface area contributed by atoms with Crippen molar-refractivity contribution in [3.63, 3.8) is 0 Å². The number of para-hydroxylation sites is 1. The molecule has 1 nitrogen and oxygen atoms in total. The van der Waals surface area contributed by atoms with Gasteiger partial charge in [-0.2, -0.15) is 0 Å². The van der Waals surface area contributed by atoms with Gasteiger partial charge in [0.15, 0.2) is 0 Å². The zero-order valence-corrected chi connectivity index (χ0v) is 8.33. The van der Waals surface area contributed by atoms with E-state index in [1.54, 1.807) is 0 Å². The van der Waals surface area contributed by atoms with Crippen LogP contribution in [0.25, 0.3) is 11.1 Å². The summed E-state index contributed by atoms with van der Waals surface area (Å²) in [6.45, 7) is 0. The summed E-state index contributed by atoms with van der Waals surface area (Å²) in [6, 6.07) is 15.4. The Balaban J connectivity index is 2.61. The largest absolute Gasteiger partial charge is 0.398 e. The van der Waals surface area contributed by atoms with Gasteiger partial charge in [-0.05, 0) is 12.1 Å². The van der Waals surface area contributed by atoms with Crippen molar-refractivity contribution in [3.05, 3.63) is 53.6 Å². The highest BCUT2D eigenvalue weighted by molar-refractivity contribution is 6.33. The predicted octanol–water partition coefficient (Wildman–Crippen LogP) is 3.59. The van der Waals surface area contributed by atoms with E-state index in [1.165, 1.54) is 0 Å². The van der Waals surface area contributed by atoms with Crippen LogP contribution in [0.15, 0.2) is 48.5 Å². The van der Waals surface area contributed by atoms with Gasteiger partial charge in [0.25, 0.3) is 0 Å². The molecule has 2 heteroatoms. The van der Waals surface area contributed by atoms with Gasteiger partial charge in [0.1, 0.15) is 0 Å². The summed E-state index contributed by atoms with van der Waals surface area (Å²) in [6.07, 6.45) is 0. The molecule has 0 saturated heterocycles. The molecule has 0 aliphatic rings. The SMILES string of the molecule is Nc1ccccc1-c1ccccc1Cl. The normalized spacial score (nSPS) is 10.1. The topological polar surface area (TPSA) is 26.0 Å². The van der Waals surface area contributed by atoms with Crippen LogP contribution < -0.4 is 5.73 Å². The number of halogens is 1. The van der Waals surface area contributed by atoms with Gasteiger partial charge in [0, 0.05) is 21.8 Å². The van der Waals surface area contributed by atoms with Gasteiger partial charge in [-0.15, -0.1) is 0 Å². The van der Waals surface area contributed by atoms with Crippen molar-refractivity contribution in [2.24, 2.45) is 0 Å². The van der Waals surface area contributed by atoms with Crippen LogP contribution in [0.5, 0.6) is 0 Å². The van der Waals surface area contributed by atoms with Crippen molar-refractivity contribution in [1.29, 1.82) is 0 Å². The Morgan fingerprint density at radius 2 is 1.36 bits per heavy atom. The number of hydrogen-bond acceptors (Lipinski definition) is 1. The third kappa shape index (κ3) is 1.59. The molecule has 70 valence electrons. The molecule has 0 aromatic heterocycles. The minimum Gasteiger partial charge on any atom is -0.398 e. The van der Waals surface area contributed by atoms with Crippen LogP contribution in [-0.2, 0) is 0 Å². The Hall–Kier alpha value is -1.47. The summed E-state index contributed by atoms with van der Waals surface area (Å²) in [5.41, 5.74) is 8.58. The van der Waals surface area contributed by atoms with Crippen LogP contribution >= 0.6 is 11.6 Å². The first-order valence-electron chi connectivity index (χ1n) is 4.38. The molecule has 0 aliphatic heterocycles. The molecule has 0 atom stereocenters. The second-order valence-corrected chi connectivity index (χ2v) is 3.47. The highest BCUT2D eigenvalue weighted by Gasteiger charge is 2.04. The Labute approximate surface area is 88.1 Å². The van der Waals surface area contributed by atoms with Crippen molar-refractivity contribution in [1.82, 2.24) is 0 Å². The fourth-order valence-electron chi connectivity index (χ4n) is 1.42. The van der Waals surface area contributed by atoms with Crippen molar-refractivity contribution in [3.8, 4) is 11.1 Å². The lowest BCUT2D eigenvalue weighted by Gasteiger charge is -2.06. The van der Waals surface area contributed by atoms with Gasteiger partial charge in [-0.25, -0.2) is 0 Å². The third-order valence-corrected chi connectivity index (χ3v) is 2.45. The van der Waals surface area contributed by atoms with Gasteiger partial charge in [-0.3, -0.25) is 0 Å². The molecule has 14 heavy (non-hydrogen) atoms. The van der Waals surface area contributed by atoms with Crippen molar-refractivity contribution < 1.29 is 0 Å². The molecule has 0 bridgehead atoms. The van der Waals surface area contributed by atoms with E-state index in [1.807, 2.05) is 48.5 Å². The Morgan fingerprint density at radius 1 is 0.786 bits per heavy atom. The van der Waals surface area contributed by atoms with Crippen LogP contribution in [0.4, 0.5) is 5.69 Å². The van der Waals surface area contributed by atoms with E-state index in [4.69, 9.17) is 17.3 Å². The number of nitrogen functional groups attached to an aromatic ring is 1. The molecule has 0 heterocycles. The molecule has 0 radical (unpaired) electrons. The van der Waals surface area contributed by atoms with Crippen molar-refractivity contribution in [2.45, 2.75) is 0 Å². The molecule has 0 unspecified atom stereocenters. The highest BCUT2D eigenvalue weighted by atomic mass is 35.5. The summed E-state index contributed by atoms with van der Waals surface area (Å²) in [5.74, 6) is 0. The van der Waals surface area contributed by atoms with Gasteiger partial charge >= 0.3 is 0 Å². The lowest BCUT2D eigenvalue weighted by atomic mass is 10.0. The second-order valence-electron chi connectivity index (χ2n) is 3.07. The molecule has 0 saturated carbocycles. The Morgan fingerprint density at radius 3 is 2.00 bits per heavy atom. The molecule has 0 amide bonds. The van der Waals surface area contributed by atoms with Gasteiger partial charge in [0.2, 0.25) is 0 Å². The zero-order chi connectivity index (χ0) is 9.97. The standard InChI is InChI=1S/C12H10ClN/c13-11-7-3-1-5-9(11)10-6-2-4-8-12(10)14/h1-8H,14H2. The fourth-order valence-corrected chi connectivity index (χ4v) is 1.66. The van der Waals surface area contributed by atoms with Crippen LogP contribution in [-0.4, -0.2) is 0 Å². The van der Waals surface area contributed by atoms with Crippen LogP contribution in [0, 0.1) is 0 Å². The number of nitrogens with two attached hydrogens (primary N) is 1. The average Bonchev–Trinajstić information content (AvgIpc) is 2.20. The summed E-state index contributed by atoms with van der Waals surface area (Å²) in [4.78, 5) is 0. The van der Waals surface area contributed by atoms with Crippen LogP contribution in [0.3, 0.4) is 0 Å². The van der Waals surface area contributed by atoms with Gasteiger partial charge in [0.05, 0.1) is 0 Å². The van der Waals surface area contributed by atoms with E-state index >= 15 is 0 Å². The van der Waals surface area contributed by atoms with Crippen molar-refractivity contribution in [2.75, 3.05) is 5.73 Å². The summed E-state index contributed by atoms with van der Waals surface area (Å²) >= 11 is 6.08. The molecular formula is C12H10ClN. The lowest BCUT2D eigenvalue weighted by Crippen LogP contribution is -1.89. The number of benzene rings is 2. The maximum Gasteiger partial charge on any atom is 0.0485 e. The summed E-state index contributed by atoms with van der Waals surface area (Å²) in [5, 5.41) is 0.727. The Bertz CT molecular complexity index is 408. The molecule has 2 aromatic carbocycles. The molecule has 2 N–H and O–H groups in total. The summed E-state index contributed by atoms with van der Waals surface area (Å²) in [7, 11) is 0. The van der Waals surface area contributed by atoms with E-state index < -0.39 is 0 Å². The summed E-state index contributed by atoms with van der Waals surface area (Å²) < 4.78 is 0. The Kier molecular flexibility index (Phi) is 2.42. The first kappa shape index (κ1) is 9.10. The first-order chi connectivity index (χ1) is 6.79. The van der Waals surface area contributed by atoms with E-state index in [0.29, 0.717) is 0 Å². The first-order valence-corrected chi connectivity index (χ1v) is 4.76. The van der Waals surface area contributed by atoms with E-state index in [2.05, 4.69) is 0 Å². The maximum atomic E-state index is 6.08. The minimum absolute atomic E-state index is 0.727. The molecule has 0 spiro atoms. The second kappa shape index (κ2) is 3.72. The molecular weight excluding hydrogens is 194 g/mol. The number of rotatable bonds is 1. The molecule has 0 fully saturated rings. The smallest absolute Gasteiger partial charge is 0.0485 e. The van der Waals surface area contributed by atoms with E-state index in [9.17, 15) is 0 Å². The maximum absolute atomic E-state index is 6.08. The van der Waals surface area contributed by atoms with Crippen molar-refractivity contribution >= 4 is 17.3 Å². The minimum atomic E-state index is 0.727. The zero-order valence-electron chi connectivity index (χ0n) is 7.57. The number of hydrogen-bond donors (Lipinski definition) is 1. The molecule has 0 aliphatic carbocycles. The van der Waals surface area contributed by atoms with E-state index in [0.717, 1.165) is 21.8 Å². The van der Waals surface area contributed by atoms with Crippen LogP contribution in [0.2, 0.25) is 5.02 Å². The van der Waals surface area contributed by atoms with Gasteiger partial charge < -0.3 is 5.73 Å². The van der Waals surface area contributed by atoms with Crippen LogP contribution in [0.1, 0.15) is 0 Å². The number of anilines is 1. The molecule has 2 aromatic rings. The van der Waals surface area contributed by atoms with Gasteiger partial charge in [-0.1, -0.05) is 48.0 Å². The lowest BCUT2D eigenvalue weighted by molar-refractivity contribution is 1.61. The quantitative estimate of drug-likeness (QED) is 0.705.